The highest BCUT2D eigenvalue weighted by Gasteiger charge is 2.35. The van der Waals surface area contributed by atoms with Gasteiger partial charge in [0, 0.05) is 18.7 Å². The van der Waals surface area contributed by atoms with Crippen LogP contribution in [0.4, 0.5) is 11.4 Å². The maximum Gasteiger partial charge on any atom is 0.337 e. The first-order chi connectivity index (χ1) is 15.7. The first kappa shape index (κ1) is 24.6. The van der Waals surface area contributed by atoms with Gasteiger partial charge in [-0.3, -0.25) is 14.9 Å². The molecule has 0 atom stereocenters. The monoisotopic (exact) mass is 515 g/mol. The number of nitro benzene ring substituents is 1. The molecule has 0 radical (unpaired) electrons. The molecule has 1 heterocycles. The lowest BCUT2D eigenvalue weighted by atomic mass is 10.2. The number of methoxy groups -OCH3 is 1. The van der Waals surface area contributed by atoms with Gasteiger partial charge in [0.1, 0.15) is 27.9 Å². The number of aliphatic hydroxyl groups excluding tert-OH is 1. The molecule has 3 rings (SSSR count). The number of aliphatic hydroxyl groups is 1. The summed E-state index contributed by atoms with van der Waals surface area (Å²) >= 11 is 18.3. The molecule has 0 spiro atoms. The molecule has 1 amide bonds. The summed E-state index contributed by atoms with van der Waals surface area (Å²) in [6.45, 7) is -0.529. The Morgan fingerprint density at radius 2 is 1.97 bits per heavy atom. The van der Waals surface area contributed by atoms with E-state index in [-0.39, 0.29) is 63.2 Å². The maximum absolute atomic E-state index is 12.8. The Kier molecular flexibility index (Phi) is 7.65. The Morgan fingerprint density at radius 1 is 1.24 bits per heavy atom. The minimum Gasteiger partial charge on any atom is -0.466 e. The van der Waals surface area contributed by atoms with Crippen LogP contribution in [0.15, 0.2) is 41.6 Å². The minimum absolute atomic E-state index is 0.0215. The highest BCUT2D eigenvalue weighted by atomic mass is 35.5. The molecule has 33 heavy (non-hydrogen) atoms. The number of carbonyl (C=O) groups is 2. The summed E-state index contributed by atoms with van der Waals surface area (Å²) in [5, 5.41) is 23.7. The molecule has 0 unspecified atom stereocenters. The Morgan fingerprint density at radius 3 is 2.61 bits per heavy atom. The molecular weight excluding hydrogens is 501 g/mol. The van der Waals surface area contributed by atoms with Gasteiger partial charge in [0.15, 0.2) is 0 Å². The summed E-state index contributed by atoms with van der Waals surface area (Å²) in [4.78, 5) is 37.1. The zero-order chi connectivity index (χ0) is 24.3. The molecule has 1 aliphatic rings. The first-order valence-corrected chi connectivity index (χ1v) is 10.4. The van der Waals surface area contributed by atoms with Gasteiger partial charge in [-0.15, -0.1) is 0 Å². The Bertz CT molecular complexity index is 1170. The minimum atomic E-state index is -0.801. The fourth-order valence-electron chi connectivity index (χ4n) is 3.04. The van der Waals surface area contributed by atoms with Gasteiger partial charge in [-0.25, -0.2) is 4.79 Å². The van der Waals surface area contributed by atoms with Crippen molar-refractivity contribution in [2.24, 2.45) is 0 Å². The number of halogens is 3. The van der Waals surface area contributed by atoms with E-state index in [1.807, 2.05) is 0 Å². The molecule has 2 aromatic carbocycles. The summed E-state index contributed by atoms with van der Waals surface area (Å²) in [6, 6.07) is 6.88. The van der Waals surface area contributed by atoms with E-state index < -0.39 is 22.5 Å². The van der Waals surface area contributed by atoms with Crippen molar-refractivity contribution >= 4 is 58.1 Å². The van der Waals surface area contributed by atoms with Gasteiger partial charge in [-0.05, 0) is 12.1 Å². The second kappa shape index (κ2) is 10.3. The molecule has 0 saturated carbocycles. The summed E-state index contributed by atoms with van der Waals surface area (Å²) < 4.78 is 10.4. The van der Waals surface area contributed by atoms with E-state index in [1.54, 1.807) is 12.1 Å². The highest BCUT2D eigenvalue weighted by molar-refractivity contribution is 6.43. The number of rotatable bonds is 8. The molecule has 2 N–H and O–H groups in total. The molecule has 1 aliphatic heterocycles. The summed E-state index contributed by atoms with van der Waals surface area (Å²) in [5.74, 6) is -1.32. The van der Waals surface area contributed by atoms with Gasteiger partial charge in [0.25, 0.3) is 11.6 Å². The van der Waals surface area contributed by atoms with Gasteiger partial charge < -0.3 is 24.8 Å². The highest BCUT2D eigenvalue weighted by Crippen LogP contribution is 2.42. The van der Waals surface area contributed by atoms with Crippen molar-refractivity contribution in [1.82, 2.24) is 4.90 Å². The van der Waals surface area contributed by atoms with E-state index in [1.165, 1.54) is 17.0 Å². The van der Waals surface area contributed by atoms with Gasteiger partial charge in [0.2, 0.25) is 0 Å². The lowest BCUT2D eigenvalue weighted by Crippen LogP contribution is -2.31. The number of ether oxygens (including phenoxy) is 2. The number of anilines is 1. The number of esters is 1. The van der Waals surface area contributed by atoms with E-state index in [0.717, 1.165) is 13.2 Å². The second-order valence-electron chi connectivity index (χ2n) is 6.63. The molecule has 174 valence electrons. The summed E-state index contributed by atoms with van der Waals surface area (Å²) in [7, 11) is 1.14. The summed E-state index contributed by atoms with van der Waals surface area (Å²) in [6.07, 6.45) is 0. The molecule has 0 saturated heterocycles. The lowest BCUT2D eigenvalue weighted by Gasteiger charge is -2.16. The smallest absolute Gasteiger partial charge is 0.337 e. The third kappa shape index (κ3) is 5.14. The lowest BCUT2D eigenvalue weighted by molar-refractivity contribution is -0.383. The van der Waals surface area contributed by atoms with Crippen LogP contribution in [-0.2, 0) is 14.3 Å². The van der Waals surface area contributed by atoms with Crippen LogP contribution in [0, 0.1) is 10.1 Å². The number of nitrogens with zero attached hydrogens (tertiary/aromatic N) is 2. The van der Waals surface area contributed by atoms with E-state index in [0.29, 0.717) is 0 Å². The van der Waals surface area contributed by atoms with Crippen molar-refractivity contribution in [3.05, 3.63) is 66.8 Å². The van der Waals surface area contributed by atoms with Crippen LogP contribution >= 0.6 is 34.8 Å². The molecule has 0 aromatic heterocycles. The quantitative estimate of drug-likeness (QED) is 0.305. The van der Waals surface area contributed by atoms with Crippen LogP contribution in [0.5, 0.6) is 11.5 Å². The number of benzene rings is 2. The number of β-amino-alcohol motifs (C(OH)–C–C–N with tert-alkyl or cyclic N) is 1. The zero-order valence-corrected chi connectivity index (χ0v) is 19.2. The topological polar surface area (TPSA) is 131 Å². The maximum atomic E-state index is 12.8. The van der Waals surface area contributed by atoms with Gasteiger partial charge in [-0.1, -0.05) is 40.9 Å². The van der Waals surface area contributed by atoms with Crippen molar-refractivity contribution < 1.29 is 29.1 Å². The third-order valence-corrected chi connectivity index (χ3v) is 5.69. The van der Waals surface area contributed by atoms with E-state index in [2.05, 4.69) is 5.32 Å². The molecule has 10 nitrogen and oxygen atoms in total. The van der Waals surface area contributed by atoms with Crippen molar-refractivity contribution in [2.75, 3.05) is 32.1 Å². The number of nitro groups is 1. The first-order valence-electron chi connectivity index (χ1n) is 9.26. The van der Waals surface area contributed by atoms with Crippen LogP contribution in [0.3, 0.4) is 0 Å². The third-order valence-electron chi connectivity index (χ3n) is 4.60. The fraction of sp³-hybridized carbons (Fsp3) is 0.200. The van der Waals surface area contributed by atoms with Crippen LogP contribution in [0.25, 0.3) is 0 Å². The normalized spacial score (nSPS) is 13.4. The predicted octanol–water partition coefficient (Wildman–Crippen LogP) is 4.02. The molecule has 0 fully saturated rings. The van der Waals surface area contributed by atoms with E-state index in [4.69, 9.17) is 44.3 Å². The van der Waals surface area contributed by atoms with Gasteiger partial charge >= 0.3 is 5.97 Å². The number of nitrogens with one attached hydrogen (secondary N) is 1. The number of hydrogen-bond donors (Lipinski definition) is 2. The van der Waals surface area contributed by atoms with Crippen molar-refractivity contribution in [3.63, 3.8) is 0 Å². The SMILES string of the molecule is COC(=O)C1=C(Nc2cc(Oc3cccc(Cl)c3Cl)c(Cl)cc2[N+](=O)[O-])C(=O)N(CCO)C1. The number of hydrogen-bond acceptors (Lipinski definition) is 8. The second-order valence-corrected chi connectivity index (χ2v) is 7.82. The van der Waals surface area contributed by atoms with Crippen LogP contribution < -0.4 is 10.1 Å². The average molecular weight is 517 g/mol. The molecule has 2 aromatic rings. The molecule has 0 bridgehead atoms. The van der Waals surface area contributed by atoms with Gasteiger partial charge in [0.05, 0.1) is 40.8 Å². The largest absolute Gasteiger partial charge is 0.466 e. The standard InChI is InChI=1S/C20H16Cl3N3O7/c1-32-20(29)10-9-25(5-6-27)19(28)18(10)24-13-8-16(12(22)7-14(13)26(30)31)33-15-4-2-3-11(21)17(15)23/h2-4,7-8,24,27H,5-6,9H2,1H3. The van der Waals surface area contributed by atoms with Gasteiger partial charge in [-0.2, -0.15) is 0 Å². The number of amides is 1. The van der Waals surface area contributed by atoms with E-state index in [9.17, 15) is 24.8 Å². The summed E-state index contributed by atoms with van der Waals surface area (Å²) in [5.41, 5.74) is -0.934. The van der Waals surface area contributed by atoms with Crippen molar-refractivity contribution in [2.45, 2.75) is 0 Å². The van der Waals surface area contributed by atoms with Crippen LogP contribution in [0.1, 0.15) is 0 Å². The average Bonchev–Trinajstić information content (AvgIpc) is 3.08. The molecule has 13 heteroatoms. The Hall–Kier alpha value is -3.05. The predicted molar refractivity (Wildman–Crippen MR) is 121 cm³/mol. The van der Waals surface area contributed by atoms with Crippen molar-refractivity contribution in [3.8, 4) is 11.5 Å². The van der Waals surface area contributed by atoms with E-state index >= 15 is 0 Å². The van der Waals surface area contributed by atoms with Crippen LogP contribution in [-0.4, -0.2) is 53.6 Å². The Labute approximate surface area is 202 Å². The number of carbonyl (C=O) groups excluding carboxylic acids is 2. The van der Waals surface area contributed by atoms with Crippen LogP contribution in [0.2, 0.25) is 15.1 Å². The Balaban J connectivity index is 2.06. The molecule has 0 aliphatic carbocycles. The zero-order valence-electron chi connectivity index (χ0n) is 16.9. The van der Waals surface area contributed by atoms with Crippen molar-refractivity contribution in [1.29, 1.82) is 0 Å². The fourth-order valence-corrected chi connectivity index (χ4v) is 3.56. The molecular formula is C20H16Cl3N3O7.